The smallest absolute Gasteiger partial charge is 0.269 e. The minimum atomic E-state index is -0.147. The highest BCUT2D eigenvalue weighted by molar-refractivity contribution is 5.92. The summed E-state index contributed by atoms with van der Waals surface area (Å²) in [6, 6.07) is 11.9. The summed E-state index contributed by atoms with van der Waals surface area (Å²) in [5.74, 6) is 0.938. The molecule has 2 saturated heterocycles. The molecule has 1 amide bonds. The van der Waals surface area contributed by atoms with E-state index in [1.807, 2.05) is 36.4 Å². The van der Waals surface area contributed by atoms with Crippen molar-refractivity contribution in [3.8, 4) is 0 Å². The molecule has 0 bridgehead atoms. The van der Waals surface area contributed by atoms with Gasteiger partial charge < -0.3 is 15.2 Å². The number of piperidine rings is 1. The number of aryl methyl sites for hydroxylation is 1. The molecule has 178 valence electrons. The number of nitrogens with one attached hydrogen (secondary N) is 2. The number of hydrogen-bond donors (Lipinski definition) is 2. The van der Waals surface area contributed by atoms with Crippen LogP contribution in [-0.2, 0) is 6.42 Å². The molecule has 0 aliphatic carbocycles. The average Bonchev–Trinajstić information content (AvgIpc) is 3.38. The minimum absolute atomic E-state index is 0.0462. The van der Waals surface area contributed by atoms with Gasteiger partial charge in [-0.25, -0.2) is 9.97 Å². The lowest BCUT2D eigenvalue weighted by Crippen LogP contribution is -2.44. The number of carbonyl (C=O) groups is 1. The van der Waals surface area contributed by atoms with Gasteiger partial charge >= 0.3 is 0 Å². The molecule has 0 spiro atoms. The Labute approximate surface area is 199 Å². The summed E-state index contributed by atoms with van der Waals surface area (Å²) in [7, 11) is 1.63. The van der Waals surface area contributed by atoms with Gasteiger partial charge in [0.05, 0.1) is 22.3 Å². The van der Waals surface area contributed by atoms with Crippen molar-refractivity contribution in [2.45, 2.75) is 44.6 Å². The van der Waals surface area contributed by atoms with Crippen LogP contribution in [0.15, 0.2) is 41.2 Å². The fourth-order valence-electron chi connectivity index (χ4n) is 5.41. The van der Waals surface area contributed by atoms with E-state index in [-0.39, 0.29) is 17.4 Å². The zero-order chi connectivity index (χ0) is 23.7. The van der Waals surface area contributed by atoms with Crippen molar-refractivity contribution in [2.24, 2.45) is 0 Å². The third kappa shape index (κ3) is 4.30. The van der Waals surface area contributed by atoms with Gasteiger partial charge in [0.25, 0.3) is 11.5 Å². The van der Waals surface area contributed by atoms with Gasteiger partial charge in [-0.1, -0.05) is 19.1 Å². The summed E-state index contributed by atoms with van der Waals surface area (Å²) in [4.78, 5) is 41.8. The Morgan fingerprint density at radius 2 is 1.88 bits per heavy atom. The first-order valence-electron chi connectivity index (χ1n) is 12.3. The fraction of sp³-hybridized carbons (Fsp3) is 0.462. The Hall–Kier alpha value is -3.26. The highest BCUT2D eigenvalue weighted by Gasteiger charge is 2.33. The van der Waals surface area contributed by atoms with Gasteiger partial charge in [-0.3, -0.25) is 14.5 Å². The Kier molecular flexibility index (Phi) is 6.32. The monoisotopic (exact) mass is 460 g/mol. The van der Waals surface area contributed by atoms with Crippen LogP contribution in [0, 0.1) is 0 Å². The number of carbonyl (C=O) groups excluding carboxylic acids is 1. The Balaban J connectivity index is 1.23. The number of H-pyrrole nitrogens is 1. The van der Waals surface area contributed by atoms with Crippen LogP contribution in [0.1, 0.15) is 54.1 Å². The van der Waals surface area contributed by atoms with Crippen LogP contribution in [0.25, 0.3) is 10.9 Å². The molecule has 2 N–H and O–H groups in total. The van der Waals surface area contributed by atoms with E-state index in [0.29, 0.717) is 17.1 Å². The van der Waals surface area contributed by atoms with Crippen molar-refractivity contribution in [3.63, 3.8) is 0 Å². The first kappa shape index (κ1) is 22.5. The number of fused-ring (bicyclic) bond motifs is 1. The summed E-state index contributed by atoms with van der Waals surface area (Å²) in [5, 5.41) is 3.30. The standard InChI is InChI=1S/C26H32N6O2/c1-3-20-23(9-8-22(28-20)26(34)27-2)31-14-11-18(12-15-31)32-13-10-17(16-32)24-29-21-7-5-4-6-19(21)25(33)30-24/h4-9,17-18H,3,10-16H2,1-2H3,(H,27,34)(H,29,30,33). The summed E-state index contributed by atoms with van der Waals surface area (Å²) in [6.07, 6.45) is 4.00. The van der Waals surface area contributed by atoms with Crippen LogP contribution >= 0.6 is 0 Å². The quantitative estimate of drug-likeness (QED) is 0.608. The first-order chi connectivity index (χ1) is 16.6. The van der Waals surface area contributed by atoms with Crippen LogP contribution in [-0.4, -0.2) is 65.0 Å². The maximum atomic E-state index is 12.5. The normalized spacial score (nSPS) is 19.6. The van der Waals surface area contributed by atoms with Gasteiger partial charge in [-0.2, -0.15) is 0 Å². The van der Waals surface area contributed by atoms with Crippen molar-refractivity contribution in [3.05, 3.63) is 64.0 Å². The maximum Gasteiger partial charge on any atom is 0.269 e. The molecule has 2 aromatic heterocycles. The number of likely N-dealkylation sites (tertiary alicyclic amines) is 1. The van der Waals surface area contributed by atoms with Crippen LogP contribution in [0.4, 0.5) is 5.69 Å². The zero-order valence-corrected chi connectivity index (χ0v) is 19.9. The highest BCUT2D eigenvalue weighted by atomic mass is 16.1. The number of benzene rings is 1. The zero-order valence-electron chi connectivity index (χ0n) is 19.9. The predicted octanol–water partition coefficient (Wildman–Crippen LogP) is 2.70. The molecule has 4 heterocycles. The van der Waals surface area contributed by atoms with Gasteiger partial charge in [-0.05, 0) is 56.5 Å². The Morgan fingerprint density at radius 1 is 1.09 bits per heavy atom. The number of aromatic nitrogens is 3. The maximum absolute atomic E-state index is 12.5. The van der Waals surface area contributed by atoms with Crippen LogP contribution in [0.5, 0.6) is 0 Å². The van der Waals surface area contributed by atoms with E-state index in [2.05, 4.69) is 32.0 Å². The lowest BCUT2D eigenvalue weighted by atomic mass is 10.0. The van der Waals surface area contributed by atoms with Gasteiger partial charge in [0.1, 0.15) is 11.5 Å². The number of nitrogens with zero attached hydrogens (tertiary/aromatic N) is 4. The molecule has 1 atom stereocenters. The number of hydrogen-bond acceptors (Lipinski definition) is 6. The number of rotatable bonds is 5. The molecule has 8 heteroatoms. The molecule has 0 radical (unpaired) electrons. The lowest BCUT2D eigenvalue weighted by molar-refractivity contribution is 0.0958. The van der Waals surface area contributed by atoms with E-state index in [1.165, 1.54) is 0 Å². The van der Waals surface area contributed by atoms with Gasteiger partial charge in [-0.15, -0.1) is 0 Å². The Morgan fingerprint density at radius 3 is 2.65 bits per heavy atom. The van der Waals surface area contributed by atoms with Crippen LogP contribution in [0.3, 0.4) is 0 Å². The summed E-state index contributed by atoms with van der Waals surface area (Å²) < 4.78 is 0. The van der Waals surface area contributed by atoms with Crippen LogP contribution in [0.2, 0.25) is 0 Å². The number of para-hydroxylation sites is 1. The SMILES string of the molecule is CCc1nc(C(=O)NC)ccc1N1CCC(N2CCC(c3nc4ccccc4c(=O)[nH]3)C2)CC1. The van der Waals surface area contributed by atoms with Gasteiger partial charge in [0.15, 0.2) is 0 Å². The molecule has 3 aromatic rings. The van der Waals surface area contributed by atoms with E-state index >= 15 is 0 Å². The van der Waals surface area contributed by atoms with Gasteiger partial charge in [0.2, 0.25) is 0 Å². The van der Waals surface area contributed by atoms with E-state index in [1.54, 1.807) is 7.05 Å². The summed E-state index contributed by atoms with van der Waals surface area (Å²) in [6.45, 7) is 6.01. The van der Waals surface area contributed by atoms with E-state index < -0.39 is 0 Å². The summed E-state index contributed by atoms with van der Waals surface area (Å²) >= 11 is 0. The molecule has 2 fully saturated rings. The van der Waals surface area contributed by atoms with Crippen molar-refractivity contribution in [2.75, 3.05) is 38.1 Å². The topological polar surface area (TPSA) is 94.2 Å². The average molecular weight is 461 g/mol. The van der Waals surface area contributed by atoms with Crippen molar-refractivity contribution >= 4 is 22.5 Å². The minimum Gasteiger partial charge on any atom is -0.370 e. The van der Waals surface area contributed by atoms with E-state index in [0.717, 1.165) is 74.6 Å². The first-order valence-corrected chi connectivity index (χ1v) is 12.3. The largest absolute Gasteiger partial charge is 0.370 e. The van der Waals surface area contributed by atoms with Crippen molar-refractivity contribution in [1.29, 1.82) is 0 Å². The molecule has 34 heavy (non-hydrogen) atoms. The molecule has 5 rings (SSSR count). The third-order valence-electron chi connectivity index (χ3n) is 7.30. The number of anilines is 1. The Bertz CT molecular complexity index is 1250. The lowest BCUT2D eigenvalue weighted by Gasteiger charge is -2.38. The number of pyridine rings is 1. The molecule has 2 aliphatic rings. The van der Waals surface area contributed by atoms with Gasteiger partial charge in [0, 0.05) is 38.6 Å². The number of aromatic amines is 1. The third-order valence-corrected chi connectivity index (χ3v) is 7.30. The van der Waals surface area contributed by atoms with Crippen molar-refractivity contribution in [1.82, 2.24) is 25.2 Å². The molecule has 0 saturated carbocycles. The molecule has 2 aliphatic heterocycles. The number of amides is 1. The molecular weight excluding hydrogens is 428 g/mol. The second-order valence-corrected chi connectivity index (χ2v) is 9.26. The van der Waals surface area contributed by atoms with Crippen LogP contribution < -0.4 is 15.8 Å². The highest BCUT2D eigenvalue weighted by Crippen LogP contribution is 2.31. The second kappa shape index (κ2) is 9.54. The molecule has 8 nitrogen and oxygen atoms in total. The van der Waals surface area contributed by atoms with Crippen molar-refractivity contribution < 1.29 is 4.79 Å². The molecule has 1 aromatic carbocycles. The summed E-state index contributed by atoms with van der Waals surface area (Å²) in [5.41, 5.74) is 3.32. The van der Waals surface area contributed by atoms with E-state index in [9.17, 15) is 9.59 Å². The molecule has 1 unspecified atom stereocenters. The predicted molar refractivity (Wildman–Crippen MR) is 134 cm³/mol. The second-order valence-electron chi connectivity index (χ2n) is 9.26. The molecular formula is C26H32N6O2. The fourth-order valence-corrected chi connectivity index (χ4v) is 5.41. The van der Waals surface area contributed by atoms with E-state index in [4.69, 9.17) is 4.98 Å².